The molecule has 0 aromatic carbocycles. The van der Waals surface area contributed by atoms with Crippen LogP contribution in [-0.2, 0) is 4.74 Å². The van der Waals surface area contributed by atoms with Crippen LogP contribution in [0.5, 0.6) is 0 Å². The molecule has 0 atom stereocenters. The number of methoxy groups -OCH3 is 1. The summed E-state index contributed by atoms with van der Waals surface area (Å²) in [4.78, 5) is 0. The van der Waals surface area contributed by atoms with E-state index < -0.39 is 12.0 Å². The molecule has 0 radical (unpaired) electrons. The molecule has 1 aliphatic rings. The maximum absolute atomic E-state index is 12.8. The molecule has 3 heteroatoms. The summed E-state index contributed by atoms with van der Waals surface area (Å²) in [6.45, 7) is 0. The number of ether oxygens (including phenoxy) is 1. The largest absolute Gasteiger partial charge is 0.358 e. The highest BCUT2D eigenvalue weighted by molar-refractivity contribution is 4.72. The van der Waals surface area contributed by atoms with E-state index in [0.29, 0.717) is 12.8 Å². The van der Waals surface area contributed by atoms with Crippen LogP contribution in [0.25, 0.3) is 0 Å². The highest BCUT2D eigenvalue weighted by atomic mass is 19.3. The molecule has 1 rings (SSSR count). The lowest BCUT2D eigenvalue weighted by Gasteiger charge is -2.28. The smallest absolute Gasteiger partial charge is 0.324 e. The van der Waals surface area contributed by atoms with Crippen molar-refractivity contribution in [3.8, 4) is 0 Å². The lowest BCUT2D eigenvalue weighted by molar-refractivity contribution is -0.261. The highest BCUT2D eigenvalue weighted by Gasteiger charge is 2.39. The van der Waals surface area contributed by atoms with Gasteiger partial charge in [0.2, 0.25) is 0 Å². The quantitative estimate of drug-likeness (QED) is 0.609. The standard InChI is InChI=1S/C8H14F2O/c1-11-8(9,10)7-5-3-2-4-6-7/h7H,2-6H2,1H3. The molecule has 0 unspecified atom stereocenters. The Morgan fingerprint density at radius 1 is 1.18 bits per heavy atom. The second kappa shape index (κ2) is 3.48. The molecule has 11 heavy (non-hydrogen) atoms. The normalized spacial score (nSPS) is 22.1. The molecule has 0 aromatic rings. The van der Waals surface area contributed by atoms with Crippen LogP contribution in [0.15, 0.2) is 0 Å². The van der Waals surface area contributed by atoms with E-state index in [1.165, 1.54) is 0 Å². The Morgan fingerprint density at radius 2 is 1.73 bits per heavy atom. The minimum Gasteiger partial charge on any atom is -0.324 e. The maximum atomic E-state index is 12.8. The minimum atomic E-state index is -2.89. The van der Waals surface area contributed by atoms with Crippen molar-refractivity contribution in [1.29, 1.82) is 0 Å². The third-order valence-corrected chi connectivity index (χ3v) is 2.35. The van der Waals surface area contributed by atoms with Crippen molar-refractivity contribution in [2.75, 3.05) is 7.11 Å². The van der Waals surface area contributed by atoms with Crippen molar-refractivity contribution in [3.63, 3.8) is 0 Å². The van der Waals surface area contributed by atoms with Crippen molar-refractivity contribution in [1.82, 2.24) is 0 Å². The summed E-state index contributed by atoms with van der Waals surface area (Å²) < 4.78 is 29.8. The van der Waals surface area contributed by atoms with E-state index in [9.17, 15) is 8.78 Å². The number of hydrogen-bond acceptors (Lipinski definition) is 1. The summed E-state index contributed by atoms with van der Waals surface area (Å²) in [6.07, 6.45) is 1.27. The van der Waals surface area contributed by atoms with Crippen molar-refractivity contribution in [2.24, 2.45) is 5.92 Å². The summed E-state index contributed by atoms with van der Waals surface area (Å²) in [7, 11) is 1.08. The molecule has 0 aliphatic heterocycles. The molecule has 66 valence electrons. The van der Waals surface area contributed by atoms with Crippen molar-refractivity contribution < 1.29 is 13.5 Å². The zero-order valence-electron chi connectivity index (χ0n) is 6.78. The molecular weight excluding hydrogens is 150 g/mol. The fourth-order valence-electron chi connectivity index (χ4n) is 1.61. The van der Waals surface area contributed by atoms with Crippen LogP contribution in [0.1, 0.15) is 32.1 Å². The maximum Gasteiger partial charge on any atom is 0.358 e. The molecule has 0 spiro atoms. The van der Waals surface area contributed by atoms with Crippen LogP contribution < -0.4 is 0 Å². The van der Waals surface area contributed by atoms with Crippen LogP contribution in [0, 0.1) is 5.92 Å². The van der Waals surface area contributed by atoms with Crippen molar-refractivity contribution in [3.05, 3.63) is 0 Å². The van der Waals surface area contributed by atoms with E-state index >= 15 is 0 Å². The van der Waals surface area contributed by atoms with Gasteiger partial charge >= 0.3 is 6.11 Å². The third-order valence-electron chi connectivity index (χ3n) is 2.35. The SMILES string of the molecule is COC(F)(F)C1CCCCC1. The Bertz CT molecular complexity index is 119. The summed E-state index contributed by atoms with van der Waals surface area (Å²) in [5, 5.41) is 0. The van der Waals surface area contributed by atoms with Gasteiger partial charge in [-0.15, -0.1) is 0 Å². The Balaban J connectivity index is 2.43. The van der Waals surface area contributed by atoms with Crippen molar-refractivity contribution in [2.45, 2.75) is 38.2 Å². The Hall–Kier alpha value is -0.180. The zero-order valence-corrected chi connectivity index (χ0v) is 6.78. The molecule has 1 nitrogen and oxygen atoms in total. The Kier molecular flexibility index (Phi) is 2.82. The van der Waals surface area contributed by atoms with Crippen LogP contribution in [0.2, 0.25) is 0 Å². The van der Waals surface area contributed by atoms with E-state index in [2.05, 4.69) is 4.74 Å². The van der Waals surface area contributed by atoms with Gasteiger partial charge in [0.1, 0.15) is 0 Å². The van der Waals surface area contributed by atoms with E-state index in [1.807, 2.05) is 0 Å². The predicted octanol–water partition coefficient (Wildman–Crippen LogP) is 2.81. The van der Waals surface area contributed by atoms with Gasteiger partial charge in [-0.3, -0.25) is 0 Å². The fourth-order valence-corrected chi connectivity index (χ4v) is 1.61. The molecule has 1 fully saturated rings. The Morgan fingerprint density at radius 3 is 2.18 bits per heavy atom. The molecule has 0 heterocycles. The summed E-state index contributed by atoms with van der Waals surface area (Å²) in [5.74, 6) is -0.541. The lowest BCUT2D eigenvalue weighted by Crippen LogP contribution is -2.31. The van der Waals surface area contributed by atoms with Gasteiger partial charge < -0.3 is 4.74 Å². The minimum absolute atomic E-state index is 0.541. The summed E-state index contributed by atoms with van der Waals surface area (Å²) in [6, 6.07) is 0. The van der Waals surface area contributed by atoms with Gasteiger partial charge in [-0.25, -0.2) is 0 Å². The first kappa shape index (κ1) is 8.91. The molecule has 1 aliphatic carbocycles. The first-order valence-corrected chi connectivity index (χ1v) is 4.10. The van der Waals surface area contributed by atoms with Crippen LogP contribution in [0.3, 0.4) is 0 Å². The molecule has 0 aromatic heterocycles. The third kappa shape index (κ3) is 2.12. The molecule has 0 saturated heterocycles. The van der Waals surface area contributed by atoms with Gasteiger partial charge in [0, 0.05) is 7.11 Å². The van der Waals surface area contributed by atoms with E-state index in [-0.39, 0.29) is 0 Å². The van der Waals surface area contributed by atoms with Crippen LogP contribution in [-0.4, -0.2) is 13.2 Å². The second-order valence-corrected chi connectivity index (χ2v) is 3.10. The lowest BCUT2D eigenvalue weighted by atomic mass is 9.88. The van der Waals surface area contributed by atoms with Gasteiger partial charge in [-0.1, -0.05) is 19.3 Å². The first-order valence-electron chi connectivity index (χ1n) is 4.10. The van der Waals surface area contributed by atoms with Crippen molar-refractivity contribution >= 4 is 0 Å². The molecule has 0 N–H and O–H groups in total. The van der Waals surface area contributed by atoms with E-state index in [0.717, 1.165) is 26.4 Å². The monoisotopic (exact) mass is 164 g/mol. The molecule has 0 bridgehead atoms. The average Bonchev–Trinajstić information content (AvgIpc) is 2.06. The Labute approximate surface area is 65.7 Å². The second-order valence-electron chi connectivity index (χ2n) is 3.10. The van der Waals surface area contributed by atoms with Crippen LogP contribution >= 0.6 is 0 Å². The molecule has 0 amide bonds. The first-order chi connectivity index (χ1) is 5.17. The number of rotatable bonds is 2. The molecular formula is C8H14F2O. The fraction of sp³-hybridized carbons (Fsp3) is 1.00. The van der Waals surface area contributed by atoms with Gasteiger partial charge in [0.25, 0.3) is 0 Å². The van der Waals surface area contributed by atoms with Gasteiger partial charge in [0.15, 0.2) is 0 Å². The highest BCUT2D eigenvalue weighted by Crippen LogP contribution is 2.36. The summed E-state index contributed by atoms with van der Waals surface area (Å²) in [5.41, 5.74) is 0. The van der Waals surface area contributed by atoms with Gasteiger partial charge in [-0.2, -0.15) is 8.78 Å². The predicted molar refractivity (Wildman–Crippen MR) is 38.5 cm³/mol. The number of alkyl halides is 2. The average molecular weight is 164 g/mol. The zero-order chi connectivity index (χ0) is 8.32. The summed E-state index contributed by atoms with van der Waals surface area (Å²) >= 11 is 0. The topological polar surface area (TPSA) is 9.23 Å². The van der Waals surface area contributed by atoms with E-state index in [4.69, 9.17) is 0 Å². The van der Waals surface area contributed by atoms with Crippen LogP contribution in [0.4, 0.5) is 8.78 Å². The number of hydrogen-bond donors (Lipinski definition) is 0. The van der Waals surface area contributed by atoms with Gasteiger partial charge in [-0.05, 0) is 12.8 Å². The number of halogens is 2. The molecule has 1 saturated carbocycles. The van der Waals surface area contributed by atoms with Gasteiger partial charge in [0.05, 0.1) is 5.92 Å². The van der Waals surface area contributed by atoms with E-state index in [1.54, 1.807) is 0 Å².